The van der Waals surface area contributed by atoms with Crippen LogP contribution in [0.5, 0.6) is 0 Å². The number of carbonyl (C=O) groups excluding carboxylic acids is 1. The zero-order valence-electron chi connectivity index (χ0n) is 6.76. The summed E-state index contributed by atoms with van der Waals surface area (Å²) >= 11 is 0. The van der Waals surface area contributed by atoms with E-state index in [0.29, 0.717) is 13.2 Å². The first kappa shape index (κ1) is 9.43. The lowest BCUT2D eigenvalue weighted by atomic mass is 10.3. The predicted molar refractivity (Wildman–Crippen MR) is 38.8 cm³/mol. The summed E-state index contributed by atoms with van der Waals surface area (Å²) in [6.07, 6.45) is 0. The molecule has 3 heteroatoms. The number of hydrogen-bond acceptors (Lipinski definition) is 2. The fourth-order valence-electron chi connectivity index (χ4n) is 0.611. The van der Waals surface area contributed by atoms with Gasteiger partial charge in [0.1, 0.15) is 6.04 Å². The first-order valence-electron chi connectivity index (χ1n) is 3.55. The Morgan fingerprint density at radius 1 is 1.60 bits per heavy atom. The van der Waals surface area contributed by atoms with Gasteiger partial charge in [-0.3, -0.25) is 4.79 Å². The van der Waals surface area contributed by atoms with Crippen molar-refractivity contribution in [1.82, 2.24) is 5.32 Å². The highest BCUT2D eigenvalue weighted by Crippen LogP contribution is 1.87. The number of carbonyl (C=O) groups is 1. The van der Waals surface area contributed by atoms with E-state index in [2.05, 4.69) is 5.32 Å². The molecule has 0 saturated heterocycles. The van der Waals surface area contributed by atoms with Gasteiger partial charge in [-0.25, -0.2) is 5.32 Å². The van der Waals surface area contributed by atoms with Crippen LogP contribution in [0.4, 0.5) is 0 Å². The molecule has 1 atom stereocenters. The van der Waals surface area contributed by atoms with Crippen LogP contribution in [0.1, 0.15) is 20.8 Å². The molecule has 0 amide bonds. The summed E-state index contributed by atoms with van der Waals surface area (Å²) in [5, 5.41) is 3.97. The third kappa shape index (κ3) is 3.45. The molecule has 0 aromatic heterocycles. The molecule has 0 fully saturated rings. The summed E-state index contributed by atoms with van der Waals surface area (Å²) in [5.74, 6) is -0.232. The summed E-state index contributed by atoms with van der Waals surface area (Å²) < 4.78 is 4.72. The van der Waals surface area contributed by atoms with Gasteiger partial charge in [0, 0.05) is 6.54 Å². The maximum absolute atomic E-state index is 10.8. The molecule has 0 bridgehead atoms. The monoisotopic (exact) mass is 144 g/mol. The van der Waals surface area contributed by atoms with E-state index < -0.39 is 0 Å². The van der Waals surface area contributed by atoms with Crippen molar-refractivity contribution in [2.75, 3.05) is 13.2 Å². The van der Waals surface area contributed by atoms with Crippen LogP contribution < -0.4 is 5.32 Å². The number of nitrogens with zero attached hydrogens (tertiary/aromatic N) is 1. The third-order valence-corrected chi connectivity index (χ3v) is 1.08. The van der Waals surface area contributed by atoms with E-state index in [1.807, 2.05) is 6.92 Å². The van der Waals surface area contributed by atoms with Crippen molar-refractivity contribution in [3.63, 3.8) is 0 Å². The van der Waals surface area contributed by atoms with Crippen molar-refractivity contribution in [2.45, 2.75) is 26.8 Å². The first-order valence-corrected chi connectivity index (χ1v) is 3.55. The predicted octanol–water partition coefficient (Wildman–Crippen LogP) is 0.562. The van der Waals surface area contributed by atoms with Crippen molar-refractivity contribution < 1.29 is 9.53 Å². The van der Waals surface area contributed by atoms with Crippen molar-refractivity contribution in [1.29, 1.82) is 0 Å². The summed E-state index contributed by atoms with van der Waals surface area (Å²) in [5.41, 5.74) is 0. The molecule has 0 spiro atoms. The quantitative estimate of drug-likeness (QED) is 0.541. The highest BCUT2D eigenvalue weighted by molar-refractivity contribution is 5.75. The summed E-state index contributed by atoms with van der Waals surface area (Å²) in [4.78, 5) is 10.8. The fraction of sp³-hybridized carbons (Fsp3) is 0.857. The van der Waals surface area contributed by atoms with Crippen molar-refractivity contribution in [3.05, 3.63) is 0 Å². The third-order valence-electron chi connectivity index (χ3n) is 1.08. The molecular formula is C7H14NO2. The Bertz CT molecular complexity index is 104. The minimum Gasteiger partial charge on any atom is -0.465 e. The molecule has 0 N–H and O–H groups in total. The van der Waals surface area contributed by atoms with Gasteiger partial charge in [-0.05, 0) is 13.8 Å². The normalized spacial score (nSPS) is 12.7. The lowest BCUT2D eigenvalue weighted by molar-refractivity contribution is -0.145. The lowest BCUT2D eigenvalue weighted by Crippen LogP contribution is -2.29. The summed E-state index contributed by atoms with van der Waals surface area (Å²) in [6, 6.07) is -0.301. The van der Waals surface area contributed by atoms with E-state index in [0.717, 1.165) is 0 Å². The van der Waals surface area contributed by atoms with Gasteiger partial charge in [-0.1, -0.05) is 6.92 Å². The molecule has 0 aromatic rings. The molecule has 0 aromatic carbocycles. The maximum Gasteiger partial charge on any atom is 0.324 e. The highest BCUT2D eigenvalue weighted by atomic mass is 16.5. The second-order valence-corrected chi connectivity index (χ2v) is 1.93. The molecule has 0 aliphatic heterocycles. The zero-order chi connectivity index (χ0) is 7.98. The van der Waals surface area contributed by atoms with E-state index in [-0.39, 0.29) is 12.0 Å². The van der Waals surface area contributed by atoms with Crippen molar-refractivity contribution >= 4 is 5.97 Å². The van der Waals surface area contributed by atoms with Crippen molar-refractivity contribution in [2.24, 2.45) is 0 Å². The van der Waals surface area contributed by atoms with Crippen LogP contribution in [0.25, 0.3) is 0 Å². The van der Waals surface area contributed by atoms with Crippen LogP contribution in [0, 0.1) is 0 Å². The van der Waals surface area contributed by atoms with Crippen LogP contribution >= 0.6 is 0 Å². The molecule has 1 radical (unpaired) electrons. The SMILES string of the molecule is CC[N]C(C)C(=O)OCC. The topological polar surface area (TPSA) is 40.4 Å². The van der Waals surface area contributed by atoms with E-state index in [4.69, 9.17) is 4.74 Å². The Balaban J connectivity index is 3.49. The van der Waals surface area contributed by atoms with Gasteiger partial charge in [0.05, 0.1) is 6.61 Å². The number of ether oxygens (including phenoxy) is 1. The second-order valence-electron chi connectivity index (χ2n) is 1.93. The smallest absolute Gasteiger partial charge is 0.324 e. The Kier molecular flexibility index (Phi) is 4.94. The van der Waals surface area contributed by atoms with Crippen LogP contribution in [0.2, 0.25) is 0 Å². The van der Waals surface area contributed by atoms with E-state index in [9.17, 15) is 4.79 Å². The summed E-state index contributed by atoms with van der Waals surface area (Å²) in [7, 11) is 0. The van der Waals surface area contributed by atoms with Gasteiger partial charge < -0.3 is 4.74 Å². The van der Waals surface area contributed by atoms with Gasteiger partial charge in [0.2, 0.25) is 0 Å². The Hall–Kier alpha value is -0.570. The maximum atomic E-state index is 10.8. The van der Waals surface area contributed by atoms with Crippen molar-refractivity contribution in [3.8, 4) is 0 Å². The van der Waals surface area contributed by atoms with Gasteiger partial charge >= 0.3 is 5.97 Å². The highest BCUT2D eigenvalue weighted by Gasteiger charge is 2.11. The van der Waals surface area contributed by atoms with Crippen LogP contribution in [-0.2, 0) is 9.53 Å². The number of likely N-dealkylation sites (N-methyl/N-ethyl adjacent to an activating group) is 1. The zero-order valence-corrected chi connectivity index (χ0v) is 6.76. The Morgan fingerprint density at radius 2 is 2.20 bits per heavy atom. The van der Waals surface area contributed by atoms with Gasteiger partial charge in [0.25, 0.3) is 0 Å². The van der Waals surface area contributed by atoms with Crippen LogP contribution in [0.3, 0.4) is 0 Å². The van der Waals surface area contributed by atoms with Crippen LogP contribution in [0.15, 0.2) is 0 Å². The number of rotatable bonds is 4. The molecule has 0 heterocycles. The van der Waals surface area contributed by atoms with Gasteiger partial charge in [0.15, 0.2) is 0 Å². The van der Waals surface area contributed by atoms with Crippen LogP contribution in [-0.4, -0.2) is 25.2 Å². The molecule has 1 unspecified atom stereocenters. The number of esters is 1. The average molecular weight is 144 g/mol. The van der Waals surface area contributed by atoms with E-state index in [1.165, 1.54) is 0 Å². The molecule has 10 heavy (non-hydrogen) atoms. The molecule has 0 saturated carbocycles. The molecular weight excluding hydrogens is 130 g/mol. The summed E-state index contributed by atoms with van der Waals surface area (Å²) in [6.45, 7) is 6.52. The van der Waals surface area contributed by atoms with E-state index >= 15 is 0 Å². The Morgan fingerprint density at radius 3 is 2.60 bits per heavy atom. The second kappa shape index (κ2) is 5.23. The fourth-order valence-corrected chi connectivity index (χ4v) is 0.611. The molecule has 0 rings (SSSR count). The minimum absolute atomic E-state index is 0.232. The Labute approximate surface area is 61.8 Å². The minimum atomic E-state index is -0.301. The first-order chi connectivity index (χ1) is 4.72. The molecule has 0 aliphatic carbocycles. The molecule has 0 aliphatic rings. The van der Waals surface area contributed by atoms with Gasteiger partial charge in [-0.15, -0.1) is 0 Å². The standard InChI is InChI=1S/C7H14NO2/c1-4-8-6(3)7(9)10-5-2/h6H,4-5H2,1-3H3. The van der Waals surface area contributed by atoms with E-state index in [1.54, 1.807) is 13.8 Å². The van der Waals surface area contributed by atoms with Gasteiger partial charge in [-0.2, -0.15) is 0 Å². The average Bonchev–Trinajstić information content (AvgIpc) is 1.89. The molecule has 59 valence electrons. The largest absolute Gasteiger partial charge is 0.465 e. The number of hydrogen-bond donors (Lipinski definition) is 0. The molecule has 3 nitrogen and oxygen atoms in total. The lowest BCUT2D eigenvalue weighted by Gasteiger charge is -2.07.